The van der Waals surface area contributed by atoms with Crippen molar-refractivity contribution < 1.29 is 14.4 Å². The van der Waals surface area contributed by atoms with Crippen LogP contribution in [0.25, 0.3) is 0 Å². The number of benzene rings is 1. The van der Waals surface area contributed by atoms with Crippen LogP contribution in [0.4, 0.5) is 0 Å². The van der Waals surface area contributed by atoms with Gasteiger partial charge in [-0.1, -0.05) is 47.6 Å². The molecule has 0 spiro atoms. The second-order valence-electron chi connectivity index (χ2n) is 3.31. The molecule has 0 saturated heterocycles. The van der Waals surface area contributed by atoms with Crippen molar-refractivity contribution in [1.29, 1.82) is 0 Å². The summed E-state index contributed by atoms with van der Waals surface area (Å²) in [5, 5.41) is 4.31. The van der Waals surface area contributed by atoms with E-state index in [4.69, 9.17) is 21.2 Å². The Morgan fingerprint density at radius 3 is 2.94 bits per heavy atom. The second-order valence-corrected chi connectivity index (χ2v) is 3.72. The first-order chi connectivity index (χ1) is 8.74. The molecule has 96 valence electrons. The molecule has 0 heterocycles. The van der Waals surface area contributed by atoms with Gasteiger partial charge in [-0.25, -0.2) is 0 Å². The molecule has 0 aliphatic rings. The summed E-state index contributed by atoms with van der Waals surface area (Å²) in [7, 11) is 0. The molecule has 1 aromatic rings. The van der Waals surface area contributed by atoms with Crippen molar-refractivity contribution in [3.8, 4) is 0 Å². The van der Waals surface area contributed by atoms with E-state index in [1.54, 1.807) is 6.07 Å². The zero-order valence-corrected chi connectivity index (χ0v) is 10.6. The van der Waals surface area contributed by atoms with E-state index in [9.17, 15) is 4.79 Å². The first-order valence-electron chi connectivity index (χ1n) is 5.40. The molecular weight excluding hydrogens is 254 g/mol. The van der Waals surface area contributed by atoms with Crippen LogP contribution in [-0.2, 0) is 14.4 Å². The summed E-state index contributed by atoms with van der Waals surface area (Å²) in [6, 6.07) is 7.25. The average Bonchev–Trinajstić information content (AvgIpc) is 2.38. The highest BCUT2D eigenvalue weighted by molar-refractivity contribution is 6.33. The number of carbonyl (C=O) groups excluding carboxylic acids is 1. The first-order valence-corrected chi connectivity index (χ1v) is 5.78. The summed E-state index contributed by atoms with van der Waals surface area (Å²) < 4.78 is 4.77. The number of ether oxygens (including phenoxy) is 1. The maximum Gasteiger partial charge on any atom is 0.309 e. The minimum absolute atomic E-state index is 0.147. The molecule has 0 aliphatic carbocycles. The van der Waals surface area contributed by atoms with Crippen LogP contribution in [0.2, 0.25) is 5.02 Å². The van der Waals surface area contributed by atoms with Crippen LogP contribution in [0.1, 0.15) is 12.0 Å². The number of carbonyl (C=O) groups is 1. The molecule has 0 saturated carbocycles. The van der Waals surface area contributed by atoms with Crippen molar-refractivity contribution in [1.82, 2.24) is 0 Å². The van der Waals surface area contributed by atoms with Crippen LogP contribution in [0, 0.1) is 0 Å². The fraction of sp³-hybridized carbons (Fsp3) is 0.231. The Kier molecular flexibility index (Phi) is 6.58. The van der Waals surface area contributed by atoms with Crippen LogP contribution in [-0.4, -0.2) is 25.4 Å². The molecule has 4 nitrogen and oxygen atoms in total. The predicted molar refractivity (Wildman–Crippen MR) is 70.8 cm³/mol. The third-order valence-electron chi connectivity index (χ3n) is 1.93. The molecule has 0 amide bonds. The number of nitrogens with zero attached hydrogens (tertiary/aromatic N) is 1. The van der Waals surface area contributed by atoms with Gasteiger partial charge < -0.3 is 9.57 Å². The van der Waals surface area contributed by atoms with Gasteiger partial charge in [0.1, 0.15) is 13.2 Å². The van der Waals surface area contributed by atoms with Crippen molar-refractivity contribution in [2.24, 2.45) is 5.16 Å². The maximum atomic E-state index is 11.1. The highest BCUT2D eigenvalue weighted by atomic mass is 35.5. The van der Waals surface area contributed by atoms with Gasteiger partial charge in [-0.3, -0.25) is 4.79 Å². The number of hydrogen-bond acceptors (Lipinski definition) is 4. The van der Waals surface area contributed by atoms with E-state index < -0.39 is 0 Å². The Balaban J connectivity index is 2.24. The summed E-state index contributed by atoms with van der Waals surface area (Å²) >= 11 is 5.91. The molecule has 1 aromatic carbocycles. The number of oxime groups is 1. The zero-order chi connectivity index (χ0) is 13.2. The third-order valence-corrected chi connectivity index (χ3v) is 2.28. The van der Waals surface area contributed by atoms with Crippen molar-refractivity contribution >= 4 is 23.8 Å². The monoisotopic (exact) mass is 267 g/mol. The van der Waals surface area contributed by atoms with Gasteiger partial charge in [-0.15, -0.1) is 0 Å². The Morgan fingerprint density at radius 2 is 2.22 bits per heavy atom. The van der Waals surface area contributed by atoms with Crippen LogP contribution in [0.5, 0.6) is 0 Å². The van der Waals surface area contributed by atoms with Crippen LogP contribution in [0.15, 0.2) is 42.1 Å². The van der Waals surface area contributed by atoms with E-state index in [1.807, 2.05) is 18.2 Å². The molecule has 0 aliphatic heterocycles. The quantitative estimate of drug-likeness (QED) is 0.251. The van der Waals surface area contributed by atoms with Crippen LogP contribution < -0.4 is 0 Å². The van der Waals surface area contributed by atoms with E-state index in [2.05, 4.69) is 11.7 Å². The fourth-order valence-corrected chi connectivity index (χ4v) is 1.26. The van der Waals surface area contributed by atoms with Gasteiger partial charge in [0.25, 0.3) is 0 Å². The lowest BCUT2D eigenvalue weighted by molar-refractivity contribution is -0.143. The summed E-state index contributed by atoms with van der Waals surface area (Å²) in [6.45, 7) is 3.81. The molecule has 0 aromatic heterocycles. The SMILES string of the molecule is C=CCOC(=O)CCO/N=C/c1ccccc1Cl. The minimum atomic E-state index is -0.345. The van der Waals surface area contributed by atoms with Crippen molar-refractivity contribution in [3.05, 3.63) is 47.5 Å². The van der Waals surface area contributed by atoms with Crippen LogP contribution >= 0.6 is 11.6 Å². The van der Waals surface area contributed by atoms with E-state index in [0.29, 0.717) is 5.02 Å². The van der Waals surface area contributed by atoms with Crippen molar-refractivity contribution in [3.63, 3.8) is 0 Å². The second kappa shape index (κ2) is 8.31. The third kappa shape index (κ3) is 5.50. The summed E-state index contributed by atoms with van der Waals surface area (Å²) in [6.07, 6.45) is 3.15. The standard InChI is InChI=1S/C13H14ClNO3/c1-2-8-17-13(16)7-9-18-15-10-11-5-3-4-6-12(11)14/h2-6,10H,1,7-9H2/b15-10+. The number of rotatable bonds is 7. The van der Waals surface area contributed by atoms with E-state index in [0.717, 1.165) is 5.56 Å². The molecular formula is C13H14ClNO3. The first kappa shape index (κ1) is 14.3. The van der Waals surface area contributed by atoms with Gasteiger partial charge in [0.2, 0.25) is 0 Å². The highest BCUT2D eigenvalue weighted by Crippen LogP contribution is 2.12. The molecule has 0 atom stereocenters. The summed E-state index contributed by atoms with van der Waals surface area (Å²) in [5.41, 5.74) is 0.758. The van der Waals surface area contributed by atoms with Gasteiger partial charge in [-0.05, 0) is 6.07 Å². The lowest BCUT2D eigenvalue weighted by atomic mass is 10.2. The summed E-state index contributed by atoms with van der Waals surface area (Å²) in [5.74, 6) is -0.345. The summed E-state index contributed by atoms with van der Waals surface area (Å²) in [4.78, 5) is 16.0. The molecule has 5 heteroatoms. The van der Waals surface area contributed by atoms with Crippen LogP contribution in [0.3, 0.4) is 0 Å². The smallest absolute Gasteiger partial charge is 0.309 e. The highest BCUT2D eigenvalue weighted by Gasteiger charge is 2.01. The number of hydrogen-bond donors (Lipinski definition) is 0. The Bertz CT molecular complexity index is 432. The molecule has 0 fully saturated rings. The maximum absolute atomic E-state index is 11.1. The molecule has 1 rings (SSSR count). The molecule has 0 N–H and O–H groups in total. The lowest BCUT2D eigenvalue weighted by Gasteiger charge is -2.01. The molecule has 0 unspecified atom stereocenters. The molecule has 18 heavy (non-hydrogen) atoms. The van der Waals surface area contributed by atoms with E-state index >= 15 is 0 Å². The Labute approximate surface area is 111 Å². The topological polar surface area (TPSA) is 47.9 Å². The Hall–Kier alpha value is -1.81. The van der Waals surface area contributed by atoms with Gasteiger partial charge in [0, 0.05) is 10.6 Å². The van der Waals surface area contributed by atoms with E-state index in [-0.39, 0.29) is 25.6 Å². The predicted octanol–water partition coefficient (Wildman–Crippen LogP) is 2.81. The van der Waals surface area contributed by atoms with Gasteiger partial charge in [-0.2, -0.15) is 0 Å². The normalized spacial score (nSPS) is 10.3. The lowest BCUT2D eigenvalue weighted by Crippen LogP contribution is -2.07. The van der Waals surface area contributed by atoms with Gasteiger partial charge in [0.15, 0.2) is 0 Å². The fourth-order valence-electron chi connectivity index (χ4n) is 1.08. The average molecular weight is 268 g/mol. The van der Waals surface area contributed by atoms with Crippen molar-refractivity contribution in [2.45, 2.75) is 6.42 Å². The van der Waals surface area contributed by atoms with Gasteiger partial charge >= 0.3 is 5.97 Å². The van der Waals surface area contributed by atoms with E-state index in [1.165, 1.54) is 12.3 Å². The molecule has 0 radical (unpaired) electrons. The number of esters is 1. The number of halogens is 1. The molecule has 0 bridgehead atoms. The Morgan fingerprint density at radius 1 is 1.44 bits per heavy atom. The minimum Gasteiger partial charge on any atom is -0.461 e. The van der Waals surface area contributed by atoms with Gasteiger partial charge in [0.05, 0.1) is 12.6 Å². The zero-order valence-electron chi connectivity index (χ0n) is 9.84. The van der Waals surface area contributed by atoms with Crippen molar-refractivity contribution in [2.75, 3.05) is 13.2 Å². The largest absolute Gasteiger partial charge is 0.461 e.